The van der Waals surface area contributed by atoms with E-state index in [4.69, 9.17) is 19.6 Å². The van der Waals surface area contributed by atoms with Gasteiger partial charge >= 0.3 is 0 Å². The molecule has 0 aliphatic heterocycles. The number of aromatic amines is 1. The fourth-order valence-corrected chi connectivity index (χ4v) is 4.44. The third-order valence-electron chi connectivity index (χ3n) is 6.22. The number of ether oxygens (including phenoxy) is 2. The quantitative estimate of drug-likeness (QED) is 0.624. The van der Waals surface area contributed by atoms with Crippen LogP contribution in [0.1, 0.15) is 43.7 Å². The summed E-state index contributed by atoms with van der Waals surface area (Å²) in [5.41, 5.74) is 3.10. The number of rotatable bonds is 7. The van der Waals surface area contributed by atoms with Crippen molar-refractivity contribution in [2.24, 2.45) is 7.05 Å². The number of hydrogen-bond acceptors (Lipinski definition) is 6. The van der Waals surface area contributed by atoms with Gasteiger partial charge in [-0.25, -0.2) is 9.67 Å². The molecule has 8 heteroatoms. The minimum absolute atomic E-state index is 0.142. The highest BCUT2D eigenvalue weighted by atomic mass is 16.5. The Morgan fingerprint density at radius 1 is 1.23 bits per heavy atom. The van der Waals surface area contributed by atoms with E-state index >= 15 is 0 Å². The molecule has 1 N–H and O–H groups in total. The normalized spacial score (nSPS) is 14.8. The van der Waals surface area contributed by atoms with Gasteiger partial charge in [-0.15, -0.1) is 0 Å². The monoisotopic (exact) mass is 425 g/mol. The molecule has 0 atom stereocenters. The Labute approximate surface area is 182 Å². The van der Waals surface area contributed by atoms with E-state index < -0.39 is 0 Å². The molecule has 8 nitrogen and oxygen atoms in total. The molecule has 4 rings (SSSR count). The molecule has 31 heavy (non-hydrogen) atoms. The first-order valence-electron chi connectivity index (χ1n) is 10.9. The van der Waals surface area contributed by atoms with Gasteiger partial charge in [0.1, 0.15) is 17.0 Å². The number of aryl methyl sites for hydroxylation is 1. The number of anilines is 1. The summed E-state index contributed by atoms with van der Waals surface area (Å²) in [6.07, 6.45) is 5.80. The molecule has 1 fully saturated rings. The van der Waals surface area contributed by atoms with Gasteiger partial charge < -0.3 is 19.4 Å². The molecule has 2 heterocycles. The van der Waals surface area contributed by atoms with Crippen LogP contribution in [0.3, 0.4) is 0 Å². The van der Waals surface area contributed by atoms with E-state index in [9.17, 15) is 4.79 Å². The topological polar surface area (TPSA) is 85.3 Å². The maximum Gasteiger partial charge on any atom is 0.262 e. The van der Waals surface area contributed by atoms with Gasteiger partial charge in [-0.05, 0) is 25.0 Å². The fraction of sp³-hybridized carbons (Fsp3) is 0.522. The van der Waals surface area contributed by atoms with Gasteiger partial charge in [0.2, 0.25) is 0 Å². The number of methoxy groups -OCH3 is 2. The number of benzene rings is 1. The summed E-state index contributed by atoms with van der Waals surface area (Å²) in [6.45, 7) is 1.40. The van der Waals surface area contributed by atoms with Crippen molar-refractivity contribution in [3.8, 4) is 17.1 Å². The predicted molar refractivity (Wildman–Crippen MR) is 122 cm³/mol. The molecule has 1 aliphatic carbocycles. The lowest BCUT2D eigenvalue weighted by Gasteiger charge is -2.20. The number of likely N-dealkylation sites (N-methyl/N-ethyl adjacent to an activating group) is 1. The van der Waals surface area contributed by atoms with Crippen molar-refractivity contribution in [3.05, 3.63) is 34.2 Å². The zero-order valence-corrected chi connectivity index (χ0v) is 18.8. The van der Waals surface area contributed by atoms with Crippen molar-refractivity contribution in [1.82, 2.24) is 19.7 Å². The molecule has 3 aromatic rings. The third kappa shape index (κ3) is 4.17. The molecule has 0 bridgehead atoms. The van der Waals surface area contributed by atoms with E-state index in [0.717, 1.165) is 36.3 Å². The number of H-pyrrole nitrogens is 1. The summed E-state index contributed by atoms with van der Waals surface area (Å²) in [6, 6.07) is 5.88. The minimum atomic E-state index is -0.142. The first-order chi connectivity index (χ1) is 15.0. The zero-order chi connectivity index (χ0) is 22.0. The van der Waals surface area contributed by atoms with Crippen LogP contribution >= 0.6 is 0 Å². The maximum absolute atomic E-state index is 13.1. The predicted octanol–water partition coefficient (Wildman–Crippen LogP) is 3.46. The molecule has 166 valence electrons. The third-order valence-corrected chi connectivity index (χ3v) is 6.22. The van der Waals surface area contributed by atoms with Crippen molar-refractivity contribution < 1.29 is 9.47 Å². The number of nitrogens with one attached hydrogen (secondary N) is 1. The second-order valence-corrected chi connectivity index (χ2v) is 8.26. The smallest absolute Gasteiger partial charge is 0.262 e. The summed E-state index contributed by atoms with van der Waals surface area (Å²) < 4.78 is 12.5. The van der Waals surface area contributed by atoms with Crippen molar-refractivity contribution >= 4 is 16.7 Å². The van der Waals surface area contributed by atoms with Crippen LogP contribution in [0.2, 0.25) is 0 Å². The highest BCUT2D eigenvalue weighted by Gasteiger charge is 2.25. The molecule has 1 saturated carbocycles. The Hall–Kier alpha value is -2.87. The molecule has 2 aromatic heterocycles. The summed E-state index contributed by atoms with van der Waals surface area (Å²) in [7, 11) is 7.17. The van der Waals surface area contributed by atoms with E-state index in [0.29, 0.717) is 35.1 Å². The first kappa shape index (κ1) is 21.4. The molecule has 1 aromatic carbocycles. The Kier molecular flexibility index (Phi) is 6.27. The molecule has 0 amide bonds. The van der Waals surface area contributed by atoms with Gasteiger partial charge in [-0.3, -0.25) is 4.79 Å². The number of aromatic nitrogens is 4. The lowest BCUT2D eigenvalue weighted by atomic mass is 9.86. The van der Waals surface area contributed by atoms with Gasteiger partial charge in [0, 0.05) is 45.4 Å². The standard InChI is InChI=1S/C23H31N5O3/c1-27(12-13-30-3)16-10-11-17(18(14-16)31-4)21-24-22-19(23(29)25-21)20(26-28(22)2)15-8-6-5-7-9-15/h10-11,14-15H,5-9,12-13H2,1-4H3,(H,24,25,29). The van der Waals surface area contributed by atoms with Crippen LogP contribution in [-0.2, 0) is 11.8 Å². The first-order valence-corrected chi connectivity index (χ1v) is 10.9. The highest BCUT2D eigenvalue weighted by molar-refractivity contribution is 5.81. The SMILES string of the molecule is COCCN(C)c1ccc(-c2nc3c(c(C4CCCCC4)nn3C)c(=O)[nH]2)c(OC)c1. The molecular formula is C23H31N5O3. The lowest BCUT2D eigenvalue weighted by Crippen LogP contribution is -2.22. The van der Waals surface area contributed by atoms with E-state index in [-0.39, 0.29) is 5.56 Å². The maximum atomic E-state index is 13.1. The van der Waals surface area contributed by atoms with Crippen LogP contribution in [0.4, 0.5) is 5.69 Å². The van der Waals surface area contributed by atoms with Crippen LogP contribution in [0.5, 0.6) is 5.75 Å². The van der Waals surface area contributed by atoms with Crippen LogP contribution in [0, 0.1) is 0 Å². The largest absolute Gasteiger partial charge is 0.496 e. The molecule has 0 unspecified atom stereocenters. The molecular weight excluding hydrogens is 394 g/mol. The van der Waals surface area contributed by atoms with Crippen LogP contribution in [0.15, 0.2) is 23.0 Å². The van der Waals surface area contributed by atoms with Gasteiger partial charge in [-0.1, -0.05) is 19.3 Å². The molecule has 0 radical (unpaired) electrons. The Bertz CT molecular complexity index is 1110. The Morgan fingerprint density at radius 3 is 2.71 bits per heavy atom. The van der Waals surface area contributed by atoms with E-state index in [1.807, 2.05) is 32.3 Å². The summed E-state index contributed by atoms with van der Waals surface area (Å²) >= 11 is 0. The summed E-state index contributed by atoms with van der Waals surface area (Å²) in [4.78, 5) is 23.0. The Morgan fingerprint density at radius 2 is 2.00 bits per heavy atom. The van der Waals surface area contributed by atoms with Gasteiger partial charge in [-0.2, -0.15) is 5.10 Å². The van der Waals surface area contributed by atoms with E-state index in [1.165, 1.54) is 19.3 Å². The zero-order valence-electron chi connectivity index (χ0n) is 18.8. The lowest BCUT2D eigenvalue weighted by molar-refractivity contribution is 0.206. The molecule has 0 spiro atoms. The van der Waals surface area contributed by atoms with Gasteiger partial charge in [0.15, 0.2) is 5.65 Å². The number of nitrogens with zero attached hydrogens (tertiary/aromatic N) is 4. The average molecular weight is 426 g/mol. The average Bonchev–Trinajstić information content (AvgIpc) is 3.14. The number of fused-ring (bicyclic) bond motifs is 1. The van der Waals surface area contributed by atoms with Crippen molar-refractivity contribution in [2.75, 3.05) is 39.3 Å². The minimum Gasteiger partial charge on any atom is -0.496 e. The fourth-order valence-electron chi connectivity index (χ4n) is 4.44. The summed E-state index contributed by atoms with van der Waals surface area (Å²) in [5, 5.41) is 5.32. The highest BCUT2D eigenvalue weighted by Crippen LogP contribution is 2.35. The second-order valence-electron chi connectivity index (χ2n) is 8.26. The van der Waals surface area contributed by atoms with Crippen molar-refractivity contribution in [2.45, 2.75) is 38.0 Å². The molecule has 1 aliphatic rings. The van der Waals surface area contributed by atoms with Gasteiger partial charge in [0.05, 0.1) is 25.0 Å². The number of hydrogen-bond donors (Lipinski definition) is 1. The summed E-state index contributed by atoms with van der Waals surface area (Å²) in [5.74, 6) is 1.47. The molecule has 0 saturated heterocycles. The Balaban J connectivity index is 1.75. The van der Waals surface area contributed by atoms with Crippen LogP contribution in [-0.4, -0.2) is 54.2 Å². The van der Waals surface area contributed by atoms with E-state index in [1.54, 1.807) is 18.9 Å². The van der Waals surface area contributed by atoms with E-state index in [2.05, 4.69) is 9.88 Å². The van der Waals surface area contributed by atoms with Crippen molar-refractivity contribution in [1.29, 1.82) is 0 Å². The van der Waals surface area contributed by atoms with Crippen molar-refractivity contribution in [3.63, 3.8) is 0 Å². The van der Waals surface area contributed by atoms with Gasteiger partial charge in [0.25, 0.3) is 5.56 Å². The van der Waals surface area contributed by atoms with Crippen LogP contribution < -0.4 is 15.2 Å². The van der Waals surface area contributed by atoms with Crippen LogP contribution in [0.25, 0.3) is 22.4 Å². The second kappa shape index (κ2) is 9.09.